The lowest BCUT2D eigenvalue weighted by Crippen LogP contribution is -2.16. The van der Waals surface area contributed by atoms with Crippen molar-refractivity contribution in [1.29, 1.82) is 0 Å². The lowest BCUT2D eigenvalue weighted by Gasteiger charge is -2.15. The molecular formula is C12H19NO3. The number of ether oxygens (including phenoxy) is 2. The number of rotatable bonds is 6. The van der Waals surface area contributed by atoms with E-state index in [1.807, 2.05) is 13.8 Å². The van der Waals surface area contributed by atoms with Crippen LogP contribution < -0.4 is 10.5 Å². The minimum atomic E-state index is -0.613. The van der Waals surface area contributed by atoms with E-state index in [0.717, 1.165) is 5.56 Å². The van der Waals surface area contributed by atoms with Crippen molar-refractivity contribution in [2.45, 2.75) is 26.2 Å². The summed E-state index contributed by atoms with van der Waals surface area (Å²) in [7, 11) is 0. The Bertz CT molecular complexity index is 300. The molecule has 0 saturated heterocycles. The van der Waals surface area contributed by atoms with Crippen molar-refractivity contribution in [2.24, 2.45) is 5.73 Å². The third-order valence-electron chi connectivity index (χ3n) is 2.19. The van der Waals surface area contributed by atoms with Gasteiger partial charge in [0.15, 0.2) is 6.29 Å². The number of hydrogen-bond acceptors (Lipinski definition) is 4. The van der Waals surface area contributed by atoms with Crippen LogP contribution in [0.25, 0.3) is 0 Å². The standard InChI is InChI=1S/C12H19NO3/c1-3-15-9(2)16-11-6-4-10(5-7-11)12(14)8-13/h4-7,9,12,14H,3,8,13H2,1-2H3. The molecule has 90 valence electrons. The number of aliphatic hydroxyl groups is 1. The van der Waals surface area contributed by atoms with Gasteiger partial charge in [-0.2, -0.15) is 0 Å². The molecule has 16 heavy (non-hydrogen) atoms. The van der Waals surface area contributed by atoms with Crippen molar-refractivity contribution in [2.75, 3.05) is 13.2 Å². The van der Waals surface area contributed by atoms with Crippen LogP contribution in [-0.4, -0.2) is 24.5 Å². The third-order valence-corrected chi connectivity index (χ3v) is 2.19. The molecule has 0 aromatic heterocycles. The van der Waals surface area contributed by atoms with Gasteiger partial charge in [0, 0.05) is 13.2 Å². The van der Waals surface area contributed by atoms with Gasteiger partial charge in [0.05, 0.1) is 6.10 Å². The summed E-state index contributed by atoms with van der Waals surface area (Å²) in [6.07, 6.45) is -0.881. The smallest absolute Gasteiger partial charge is 0.196 e. The summed E-state index contributed by atoms with van der Waals surface area (Å²) in [5.74, 6) is 0.717. The molecule has 0 aliphatic carbocycles. The first-order valence-corrected chi connectivity index (χ1v) is 5.43. The van der Waals surface area contributed by atoms with Crippen LogP contribution in [0.1, 0.15) is 25.5 Å². The maximum atomic E-state index is 9.50. The van der Waals surface area contributed by atoms with E-state index in [1.165, 1.54) is 0 Å². The molecule has 2 atom stereocenters. The highest BCUT2D eigenvalue weighted by Gasteiger charge is 2.06. The predicted molar refractivity (Wildman–Crippen MR) is 62.2 cm³/mol. The van der Waals surface area contributed by atoms with E-state index < -0.39 is 6.10 Å². The zero-order valence-corrected chi connectivity index (χ0v) is 9.72. The molecule has 0 spiro atoms. The van der Waals surface area contributed by atoms with Crippen LogP contribution >= 0.6 is 0 Å². The van der Waals surface area contributed by atoms with E-state index in [-0.39, 0.29) is 12.8 Å². The fourth-order valence-corrected chi connectivity index (χ4v) is 1.36. The van der Waals surface area contributed by atoms with Gasteiger partial charge in [0.2, 0.25) is 0 Å². The molecule has 2 unspecified atom stereocenters. The van der Waals surface area contributed by atoms with Gasteiger partial charge in [-0.1, -0.05) is 12.1 Å². The monoisotopic (exact) mass is 225 g/mol. The van der Waals surface area contributed by atoms with Crippen LogP contribution in [0.15, 0.2) is 24.3 Å². The Labute approximate surface area is 96.0 Å². The second-order valence-corrected chi connectivity index (χ2v) is 3.46. The molecule has 0 radical (unpaired) electrons. The van der Waals surface area contributed by atoms with E-state index in [2.05, 4.69) is 0 Å². The fraction of sp³-hybridized carbons (Fsp3) is 0.500. The van der Waals surface area contributed by atoms with E-state index in [0.29, 0.717) is 12.4 Å². The van der Waals surface area contributed by atoms with Crippen LogP contribution in [0.2, 0.25) is 0 Å². The summed E-state index contributed by atoms with van der Waals surface area (Å²) in [4.78, 5) is 0. The molecule has 4 nitrogen and oxygen atoms in total. The highest BCUT2D eigenvalue weighted by molar-refractivity contribution is 5.28. The fourth-order valence-electron chi connectivity index (χ4n) is 1.36. The minimum absolute atomic E-state index is 0.218. The van der Waals surface area contributed by atoms with E-state index in [9.17, 15) is 5.11 Å². The lowest BCUT2D eigenvalue weighted by molar-refractivity contribution is -0.0613. The molecule has 0 heterocycles. The summed E-state index contributed by atoms with van der Waals surface area (Å²) in [5, 5.41) is 9.50. The van der Waals surface area contributed by atoms with Crippen LogP contribution in [0.4, 0.5) is 0 Å². The predicted octanol–water partition coefficient (Wildman–Crippen LogP) is 1.44. The zero-order valence-electron chi connectivity index (χ0n) is 9.72. The maximum absolute atomic E-state index is 9.50. The van der Waals surface area contributed by atoms with Crippen LogP contribution in [0, 0.1) is 0 Å². The summed E-state index contributed by atoms with van der Waals surface area (Å²) < 4.78 is 10.7. The number of nitrogens with two attached hydrogens (primary N) is 1. The van der Waals surface area contributed by atoms with Gasteiger partial charge in [0.25, 0.3) is 0 Å². The van der Waals surface area contributed by atoms with E-state index in [1.54, 1.807) is 24.3 Å². The van der Waals surface area contributed by atoms with Gasteiger partial charge < -0.3 is 20.3 Å². The second kappa shape index (κ2) is 6.48. The molecule has 1 aromatic rings. The molecule has 0 amide bonds. The number of benzene rings is 1. The Morgan fingerprint density at radius 2 is 1.94 bits per heavy atom. The first-order chi connectivity index (χ1) is 7.67. The second-order valence-electron chi connectivity index (χ2n) is 3.46. The molecule has 0 fully saturated rings. The Hall–Kier alpha value is -1.10. The molecule has 1 aromatic carbocycles. The summed E-state index contributed by atoms with van der Waals surface area (Å²) >= 11 is 0. The molecule has 0 bridgehead atoms. The highest BCUT2D eigenvalue weighted by Crippen LogP contribution is 2.18. The van der Waals surface area contributed by atoms with Crippen molar-refractivity contribution >= 4 is 0 Å². The van der Waals surface area contributed by atoms with Crippen LogP contribution in [0.5, 0.6) is 5.75 Å². The Morgan fingerprint density at radius 3 is 2.44 bits per heavy atom. The third kappa shape index (κ3) is 3.81. The van der Waals surface area contributed by atoms with Gasteiger partial charge in [-0.3, -0.25) is 0 Å². The minimum Gasteiger partial charge on any atom is -0.465 e. The first kappa shape index (κ1) is 13.0. The van der Waals surface area contributed by atoms with Crippen molar-refractivity contribution in [3.63, 3.8) is 0 Å². The first-order valence-electron chi connectivity index (χ1n) is 5.43. The number of aliphatic hydroxyl groups excluding tert-OH is 1. The molecule has 4 heteroatoms. The average Bonchev–Trinajstić information content (AvgIpc) is 2.29. The topological polar surface area (TPSA) is 64.7 Å². The molecule has 0 aliphatic rings. The van der Waals surface area contributed by atoms with Crippen LogP contribution in [0.3, 0.4) is 0 Å². The van der Waals surface area contributed by atoms with Gasteiger partial charge in [-0.15, -0.1) is 0 Å². The SMILES string of the molecule is CCOC(C)Oc1ccc(C(O)CN)cc1. The molecule has 0 saturated carbocycles. The van der Waals surface area contributed by atoms with Gasteiger partial charge >= 0.3 is 0 Å². The molecule has 1 rings (SSSR count). The van der Waals surface area contributed by atoms with Crippen LogP contribution in [-0.2, 0) is 4.74 Å². The number of hydrogen-bond donors (Lipinski definition) is 2. The Morgan fingerprint density at radius 1 is 1.31 bits per heavy atom. The molecule has 0 aliphatic heterocycles. The van der Waals surface area contributed by atoms with Gasteiger partial charge in [0.1, 0.15) is 5.75 Å². The molecular weight excluding hydrogens is 206 g/mol. The van der Waals surface area contributed by atoms with E-state index in [4.69, 9.17) is 15.2 Å². The van der Waals surface area contributed by atoms with E-state index >= 15 is 0 Å². The van der Waals surface area contributed by atoms with Gasteiger partial charge in [-0.05, 0) is 31.5 Å². The van der Waals surface area contributed by atoms with Crippen molar-refractivity contribution in [3.05, 3.63) is 29.8 Å². The average molecular weight is 225 g/mol. The summed E-state index contributed by atoms with van der Waals surface area (Å²) in [5.41, 5.74) is 6.15. The summed E-state index contributed by atoms with van der Waals surface area (Å²) in [6, 6.07) is 7.19. The Balaban J connectivity index is 2.57. The van der Waals surface area contributed by atoms with Gasteiger partial charge in [-0.25, -0.2) is 0 Å². The maximum Gasteiger partial charge on any atom is 0.196 e. The van der Waals surface area contributed by atoms with Crippen molar-refractivity contribution in [1.82, 2.24) is 0 Å². The molecule has 3 N–H and O–H groups in total. The highest BCUT2D eigenvalue weighted by atomic mass is 16.7. The van der Waals surface area contributed by atoms with Crippen molar-refractivity contribution in [3.8, 4) is 5.75 Å². The Kier molecular flexibility index (Phi) is 5.25. The summed E-state index contributed by atoms with van der Waals surface area (Å²) in [6.45, 7) is 4.59. The normalized spacial score (nSPS) is 14.5. The quantitative estimate of drug-likeness (QED) is 0.719. The zero-order chi connectivity index (χ0) is 12.0. The van der Waals surface area contributed by atoms with Crippen molar-refractivity contribution < 1.29 is 14.6 Å². The largest absolute Gasteiger partial charge is 0.465 e. The lowest BCUT2D eigenvalue weighted by atomic mass is 10.1.